The lowest BCUT2D eigenvalue weighted by atomic mass is 9.78. The molecule has 1 amide bonds. The molecule has 11 nitrogen and oxygen atoms in total. The number of β-amino-alcohol motifs (C(OH)–C–C–N with tert-alkyl or cyclic N) is 1. The highest BCUT2D eigenvalue weighted by Crippen LogP contribution is 2.43. The van der Waals surface area contributed by atoms with Gasteiger partial charge in [0.15, 0.2) is 11.5 Å². The number of carbonyl (C=O) groups excluding carboxylic acids is 2. The highest BCUT2D eigenvalue weighted by Gasteiger charge is 2.54. The van der Waals surface area contributed by atoms with Crippen LogP contribution in [0.1, 0.15) is 24.5 Å². The van der Waals surface area contributed by atoms with Crippen molar-refractivity contribution in [2.45, 2.75) is 24.5 Å². The highest BCUT2D eigenvalue weighted by atomic mass is 16.6. The second-order valence-corrected chi connectivity index (χ2v) is 10.6. The van der Waals surface area contributed by atoms with E-state index in [0.29, 0.717) is 62.2 Å². The number of amides is 1. The van der Waals surface area contributed by atoms with Crippen LogP contribution in [0.5, 0.6) is 17.2 Å². The fourth-order valence-corrected chi connectivity index (χ4v) is 6.06. The maximum absolute atomic E-state index is 13.2. The molecule has 216 valence electrons. The molecule has 3 atom stereocenters. The first-order valence-electron chi connectivity index (χ1n) is 13.7. The number of nitrogens with zero attached hydrogens (tertiary/aromatic N) is 3. The zero-order valence-corrected chi connectivity index (χ0v) is 23.1. The molecule has 0 radical (unpaired) electrons. The molecule has 0 bridgehead atoms. The Bertz CT molecular complexity index is 1460. The van der Waals surface area contributed by atoms with Crippen molar-refractivity contribution in [3.8, 4) is 17.2 Å². The van der Waals surface area contributed by atoms with Crippen molar-refractivity contribution in [3.05, 3.63) is 54.2 Å². The first-order chi connectivity index (χ1) is 19.9. The van der Waals surface area contributed by atoms with Crippen molar-refractivity contribution in [1.82, 2.24) is 9.88 Å². The van der Waals surface area contributed by atoms with Crippen LogP contribution in [0.2, 0.25) is 0 Å². The number of piperidine rings is 1. The second-order valence-electron chi connectivity index (χ2n) is 10.6. The molecule has 0 saturated carbocycles. The lowest BCUT2D eigenvalue weighted by Crippen LogP contribution is -2.55. The van der Waals surface area contributed by atoms with Crippen molar-refractivity contribution in [1.29, 1.82) is 0 Å². The van der Waals surface area contributed by atoms with Gasteiger partial charge in [-0.3, -0.25) is 19.6 Å². The molecule has 2 saturated heterocycles. The number of carbonyl (C=O) groups is 2. The normalized spacial score (nSPS) is 23.0. The average Bonchev–Trinajstić information content (AvgIpc) is 3.34. The second kappa shape index (κ2) is 11.1. The average molecular weight is 564 g/mol. The summed E-state index contributed by atoms with van der Waals surface area (Å²) in [6.45, 7) is 2.57. The number of hydrogen-bond donors (Lipinski definition) is 1. The smallest absolute Gasteiger partial charge is 0.415 e. The Morgan fingerprint density at radius 1 is 1.15 bits per heavy atom. The fraction of sp³-hybridized carbons (Fsp3) is 0.433. The van der Waals surface area contributed by atoms with Gasteiger partial charge in [0.1, 0.15) is 24.6 Å². The summed E-state index contributed by atoms with van der Waals surface area (Å²) >= 11 is 0. The summed E-state index contributed by atoms with van der Waals surface area (Å²) in [5.41, 5.74) is 1.28. The molecule has 3 aliphatic heterocycles. The molecule has 1 spiro atoms. The molecule has 0 aliphatic carbocycles. The van der Waals surface area contributed by atoms with Crippen molar-refractivity contribution >= 4 is 28.7 Å². The highest BCUT2D eigenvalue weighted by molar-refractivity contribution is 5.91. The zero-order chi connectivity index (χ0) is 28.6. The van der Waals surface area contributed by atoms with Gasteiger partial charge in [0, 0.05) is 49.6 Å². The number of benzene rings is 2. The standard InChI is InChI=1S/C30H33N3O8/c1-37-21-4-5-24-23(15-21)22(7-9-31-24)25(34)17-32-10-8-30(19(16-32)13-28(35)38-2)18-33(29(36)41-30)20-3-6-26-27(14-20)40-12-11-39-26/h3-7,9,14-15,19,25,34H,8,10-13,16-18H2,1-2H3/t19-,25-,30-/m1/s1. The van der Waals surface area contributed by atoms with Gasteiger partial charge < -0.3 is 28.8 Å². The van der Waals surface area contributed by atoms with Crippen LogP contribution in [-0.4, -0.2) is 86.3 Å². The van der Waals surface area contributed by atoms with E-state index >= 15 is 0 Å². The van der Waals surface area contributed by atoms with E-state index in [-0.39, 0.29) is 24.9 Å². The number of pyridine rings is 1. The number of anilines is 1. The molecule has 41 heavy (non-hydrogen) atoms. The first-order valence-corrected chi connectivity index (χ1v) is 13.7. The number of aromatic nitrogens is 1. The Hall–Kier alpha value is -4.09. The van der Waals surface area contributed by atoms with E-state index in [0.717, 1.165) is 16.5 Å². The molecule has 0 unspecified atom stereocenters. The molecule has 3 aliphatic rings. The van der Waals surface area contributed by atoms with Gasteiger partial charge in [-0.2, -0.15) is 0 Å². The molecule has 1 aromatic heterocycles. The van der Waals surface area contributed by atoms with Crippen LogP contribution in [-0.2, 0) is 14.3 Å². The maximum atomic E-state index is 13.2. The topological polar surface area (TPSA) is 120 Å². The lowest BCUT2D eigenvalue weighted by molar-refractivity contribution is -0.146. The zero-order valence-electron chi connectivity index (χ0n) is 23.1. The Morgan fingerprint density at radius 3 is 2.78 bits per heavy atom. The minimum absolute atomic E-state index is 0.0841. The van der Waals surface area contributed by atoms with Crippen LogP contribution in [0.15, 0.2) is 48.7 Å². The molecule has 4 heterocycles. The number of hydrogen-bond acceptors (Lipinski definition) is 10. The number of fused-ring (bicyclic) bond motifs is 2. The summed E-state index contributed by atoms with van der Waals surface area (Å²) in [5, 5.41) is 12.1. The summed E-state index contributed by atoms with van der Waals surface area (Å²) in [4.78, 5) is 33.8. The summed E-state index contributed by atoms with van der Waals surface area (Å²) in [7, 11) is 2.95. The van der Waals surface area contributed by atoms with Gasteiger partial charge >= 0.3 is 12.1 Å². The summed E-state index contributed by atoms with van der Waals surface area (Å²) in [5.74, 6) is 1.19. The van der Waals surface area contributed by atoms with Gasteiger partial charge in [-0.25, -0.2) is 4.79 Å². The summed E-state index contributed by atoms with van der Waals surface area (Å²) in [6, 6.07) is 12.8. The van der Waals surface area contributed by atoms with Crippen LogP contribution in [0, 0.1) is 5.92 Å². The third-order valence-electron chi connectivity index (χ3n) is 8.26. The quantitative estimate of drug-likeness (QED) is 0.429. The van der Waals surface area contributed by atoms with E-state index in [4.69, 9.17) is 23.7 Å². The lowest BCUT2D eigenvalue weighted by Gasteiger charge is -2.44. The summed E-state index contributed by atoms with van der Waals surface area (Å²) < 4.78 is 27.8. The molecular formula is C30H33N3O8. The van der Waals surface area contributed by atoms with Crippen molar-refractivity contribution < 1.29 is 38.4 Å². The number of esters is 1. The Labute approximate surface area is 237 Å². The maximum Gasteiger partial charge on any atom is 0.415 e. The number of ether oxygens (including phenoxy) is 5. The molecular weight excluding hydrogens is 530 g/mol. The SMILES string of the molecule is COC(=O)C[C@@H]1CN(C[C@@H](O)c2ccnc3ccc(OC)cc23)CC[C@@]12CN(c1ccc3c(c1)OCCO3)C(=O)O2. The van der Waals surface area contributed by atoms with Gasteiger partial charge in [-0.15, -0.1) is 0 Å². The van der Waals surface area contributed by atoms with Crippen molar-refractivity contribution in [2.24, 2.45) is 5.92 Å². The van der Waals surface area contributed by atoms with E-state index < -0.39 is 17.8 Å². The van der Waals surface area contributed by atoms with Crippen LogP contribution < -0.4 is 19.1 Å². The molecule has 1 N–H and O–H groups in total. The number of aliphatic hydroxyl groups excluding tert-OH is 1. The van der Waals surface area contributed by atoms with E-state index in [1.165, 1.54) is 7.11 Å². The fourth-order valence-electron chi connectivity index (χ4n) is 6.06. The van der Waals surface area contributed by atoms with Crippen molar-refractivity contribution in [2.75, 3.05) is 58.5 Å². The number of aliphatic hydroxyl groups is 1. The number of likely N-dealkylation sites (tertiary alicyclic amines) is 1. The van der Waals surface area contributed by atoms with Crippen LogP contribution >= 0.6 is 0 Å². The third kappa shape index (κ3) is 5.22. The molecule has 2 aromatic carbocycles. The molecule has 3 aromatic rings. The number of rotatable bonds is 7. The van der Waals surface area contributed by atoms with E-state index in [2.05, 4.69) is 9.88 Å². The van der Waals surface area contributed by atoms with Crippen LogP contribution in [0.25, 0.3) is 10.9 Å². The van der Waals surface area contributed by atoms with E-state index in [1.54, 1.807) is 30.3 Å². The number of methoxy groups -OCH3 is 2. The van der Waals surface area contributed by atoms with Crippen molar-refractivity contribution in [3.63, 3.8) is 0 Å². The largest absolute Gasteiger partial charge is 0.497 e. The third-order valence-corrected chi connectivity index (χ3v) is 8.26. The van der Waals surface area contributed by atoms with E-state index in [9.17, 15) is 14.7 Å². The minimum atomic E-state index is -0.878. The van der Waals surface area contributed by atoms with Gasteiger partial charge in [-0.1, -0.05) is 0 Å². The summed E-state index contributed by atoms with van der Waals surface area (Å²) in [6.07, 6.45) is 0.992. The van der Waals surface area contributed by atoms with Gasteiger partial charge in [0.05, 0.1) is 44.5 Å². The monoisotopic (exact) mass is 563 g/mol. The minimum Gasteiger partial charge on any atom is -0.497 e. The molecule has 11 heteroatoms. The van der Waals surface area contributed by atoms with Gasteiger partial charge in [-0.05, 0) is 42.0 Å². The predicted octanol–water partition coefficient (Wildman–Crippen LogP) is 3.33. The Kier molecular flexibility index (Phi) is 7.31. The Balaban J connectivity index is 1.21. The Morgan fingerprint density at radius 2 is 1.98 bits per heavy atom. The van der Waals surface area contributed by atoms with E-state index in [1.807, 2.05) is 30.3 Å². The van der Waals surface area contributed by atoms with Crippen LogP contribution in [0.3, 0.4) is 0 Å². The molecule has 2 fully saturated rings. The first kappa shape index (κ1) is 27.1. The van der Waals surface area contributed by atoms with Crippen LogP contribution in [0.4, 0.5) is 10.5 Å². The van der Waals surface area contributed by atoms with Gasteiger partial charge in [0.2, 0.25) is 0 Å². The predicted molar refractivity (Wildman–Crippen MR) is 148 cm³/mol. The molecule has 6 rings (SSSR count). The van der Waals surface area contributed by atoms with Gasteiger partial charge in [0.25, 0.3) is 0 Å².